The van der Waals surface area contributed by atoms with Crippen LogP contribution in [0.5, 0.6) is 0 Å². The van der Waals surface area contributed by atoms with Gasteiger partial charge in [0.1, 0.15) is 5.82 Å². The second-order valence-corrected chi connectivity index (χ2v) is 8.77. The highest BCUT2D eigenvalue weighted by molar-refractivity contribution is 7.89. The summed E-state index contributed by atoms with van der Waals surface area (Å²) in [5.74, 6) is 0.145. The molecule has 0 aromatic heterocycles. The molecule has 8 heteroatoms. The first-order valence-electron chi connectivity index (χ1n) is 8.64. The lowest BCUT2D eigenvalue weighted by Gasteiger charge is -2.33. The SMILES string of the molecule is C[C@H](NC(=O)CN1CCN(S(=O)(=O)c2ccc(F)cc2)CC1)C1CC1. The van der Waals surface area contributed by atoms with Gasteiger partial charge in [0.05, 0.1) is 11.4 Å². The fourth-order valence-electron chi connectivity index (χ4n) is 3.10. The maximum Gasteiger partial charge on any atom is 0.243 e. The number of hydrogen-bond donors (Lipinski definition) is 1. The number of piperazine rings is 1. The zero-order valence-electron chi connectivity index (χ0n) is 14.3. The monoisotopic (exact) mass is 369 g/mol. The molecular formula is C17H24FN3O3S. The molecule has 1 N–H and O–H groups in total. The molecule has 0 radical (unpaired) electrons. The summed E-state index contributed by atoms with van der Waals surface area (Å²) in [6, 6.07) is 5.07. The van der Waals surface area contributed by atoms with Gasteiger partial charge in [-0.3, -0.25) is 9.69 Å². The summed E-state index contributed by atoms with van der Waals surface area (Å²) < 4.78 is 39.5. The zero-order chi connectivity index (χ0) is 18.0. The third-order valence-electron chi connectivity index (χ3n) is 4.87. The Labute approximate surface area is 148 Å². The minimum Gasteiger partial charge on any atom is -0.352 e. The Morgan fingerprint density at radius 1 is 1.20 bits per heavy atom. The van der Waals surface area contributed by atoms with Crippen LogP contribution in [0.25, 0.3) is 0 Å². The van der Waals surface area contributed by atoms with Crippen LogP contribution in [0, 0.1) is 11.7 Å². The summed E-state index contributed by atoms with van der Waals surface area (Å²) in [6.45, 7) is 3.98. The third kappa shape index (κ3) is 4.56. The van der Waals surface area contributed by atoms with E-state index < -0.39 is 15.8 Å². The van der Waals surface area contributed by atoms with Crippen molar-refractivity contribution in [2.24, 2.45) is 5.92 Å². The average Bonchev–Trinajstić information content (AvgIpc) is 3.40. The Morgan fingerprint density at radius 3 is 2.36 bits per heavy atom. The fraction of sp³-hybridized carbons (Fsp3) is 0.588. The lowest BCUT2D eigenvalue weighted by atomic mass is 10.2. The lowest BCUT2D eigenvalue weighted by molar-refractivity contribution is -0.123. The van der Waals surface area contributed by atoms with E-state index in [2.05, 4.69) is 5.32 Å². The van der Waals surface area contributed by atoms with E-state index in [1.165, 1.54) is 29.3 Å². The number of carbonyl (C=O) groups is 1. The van der Waals surface area contributed by atoms with Gasteiger partial charge < -0.3 is 5.32 Å². The second-order valence-electron chi connectivity index (χ2n) is 6.83. The molecule has 6 nitrogen and oxygen atoms in total. The van der Waals surface area contributed by atoms with Crippen LogP contribution in [0.2, 0.25) is 0 Å². The summed E-state index contributed by atoms with van der Waals surface area (Å²) in [5.41, 5.74) is 0. The van der Waals surface area contributed by atoms with Gasteiger partial charge in [0.15, 0.2) is 0 Å². The van der Waals surface area contributed by atoms with E-state index in [1.807, 2.05) is 11.8 Å². The van der Waals surface area contributed by atoms with Crippen molar-refractivity contribution in [3.63, 3.8) is 0 Å². The lowest BCUT2D eigenvalue weighted by Crippen LogP contribution is -2.51. The van der Waals surface area contributed by atoms with E-state index in [-0.39, 0.29) is 16.8 Å². The van der Waals surface area contributed by atoms with Crippen molar-refractivity contribution in [2.45, 2.75) is 30.7 Å². The van der Waals surface area contributed by atoms with Crippen molar-refractivity contribution in [3.05, 3.63) is 30.1 Å². The van der Waals surface area contributed by atoms with Gasteiger partial charge in [-0.1, -0.05) is 0 Å². The molecule has 1 amide bonds. The molecule has 2 aliphatic rings. The molecule has 3 rings (SSSR count). The minimum atomic E-state index is -3.61. The molecule has 1 aromatic carbocycles. The van der Waals surface area contributed by atoms with Gasteiger partial charge in [-0.25, -0.2) is 12.8 Å². The molecule has 1 saturated carbocycles. The van der Waals surface area contributed by atoms with Gasteiger partial charge in [0.25, 0.3) is 0 Å². The van der Waals surface area contributed by atoms with Crippen LogP contribution >= 0.6 is 0 Å². The van der Waals surface area contributed by atoms with Crippen LogP contribution in [0.1, 0.15) is 19.8 Å². The van der Waals surface area contributed by atoms with Gasteiger partial charge in [0, 0.05) is 32.2 Å². The van der Waals surface area contributed by atoms with E-state index in [4.69, 9.17) is 0 Å². The molecule has 1 atom stereocenters. The molecule has 1 aliphatic heterocycles. The van der Waals surface area contributed by atoms with Gasteiger partial charge in [0.2, 0.25) is 15.9 Å². The van der Waals surface area contributed by atoms with E-state index in [9.17, 15) is 17.6 Å². The van der Waals surface area contributed by atoms with E-state index in [1.54, 1.807) is 0 Å². The first-order chi connectivity index (χ1) is 11.9. The molecule has 2 fully saturated rings. The second kappa shape index (κ2) is 7.39. The van der Waals surface area contributed by atoms with E-state index in [0.717, 1.165) is 12.1 Å². The highest BCUT2D eigenvalue weighted by Gasteiger charge is 2.31. The van der Waals surface area contributed by atoms with Crippen LogP contribution < -0.4 is 5.32 Å². The Kier molecular flexibility index (Phi) is 5.41. The highest BCUT2D eigenvalue weighted by atomic mass is 32.2. The smallest absolute Gasteiger partial charge is 0.243 e. The molecule has 138 valence electrons. The largest absolute Gasteiger partial charge is 0.352 e. The summed E-state index contributed by atoms with van der Waals surface area (Å²) in [5, 5.41) is 3.01. The number of rotatable bonds is 6. The van der Waals surface area contributed by atoms with E-state index >= 15 is 0 Å². The van der Waals surface area contributed by atoms with E-state index in [0.29, 0.717) is 38.6 Å². The number of halogens is 1. The number of nitrogens with one attached hydrogen (secondary N) is 1. The van der Waals surface area contributed by atoms with Gasteiger partial charge in [-0.2, -0.15) is 4.31 Å². The molecular weight excluding hydrogens is 345 g/mol. The maximum absolute atomic E-state index is 13.0. The van der Waals surface area contributed by atoms with Crippen molar-refractivity contribution in [1.29, 1.82) is 0 Å². The number of carbonyl (C=O) groups excluding carboxylic acids is 1. The van der Waals surface area contributed by atoms with Crippen molar-refractivity contribution in [3.8, 4) is 0 Å². The number of sulfonamides is 1. The average molecular weight is 369 g/mol. The van der Waals surface area contributed by atoms with Gasteiger partial charge >= 0.3 is 0 Å². The Bertz CT molecular complexity index is 711. The molecule has 0 spiro atoms. The Balaban J connectivity index is 1.50. The highest BCUT2D eigenvalue weighted by Crippen LogP contribution is 2.32. The number of hydrogen-bond acceptors (Lipinski definition) is 4. The number of benzene rings is 1. The summed E-state index contributed by atoms with van der Waals surface area (Å²) in [4.78, 5) is 14.1. The zero-order valence-corrected chi connectivity index (χ0v) is 15.1. The van der Waals surface area contributed by atoms with Crippen LogP contribution in [0.4, 0.5) is 4.39 Å². The quantitative estimate of drug-likeness (QED) is 0.814. The molecule has 0 unspecified atom stereocenters. The van der Waals surface area contributed by atoms with Crippen molar-refractivity contribution < 1.29 is 17.6 Å². The first kappa shape index (κ1) is 18.3. The van der Waals surface area contributed by atoms with Crippen LogP contribution in [0.15, 0.2) is 29.2 Å². The minimum absolute atomic E-state index is 0.00533. The molecule has 1 heterocycles. The predicted molar refractivity (Wildman–Crippen MR) is 91.9 cm³/mol. The van der Waals surface area contributed by atoms with Gasteiger partial charge in [-0.05, 0) is 49.9 Å². The first-order valence-corrected chi connectivity index (χ1v) is 10.1. The number of nitrogens with zero attached hydrogens (tertiary/aromatic N) is 2. The Morgan fingerprint density at radius 2 is 1.80 bits per heavy atom. The topological polar surface area (TPSA) is 69.7 Å². The van der Waals surface area contributed by atoms with Gasteiger partial charge in [-0.15, -0.1) is 0 Å². The maximum atomic E-state index is 13.0. The molecule has 25 heavy (non-hydrogen) atoms. The predicted octanol–water partition coefficient (Wildman–Crippen LogP) is 1.05. The van der Waals surface area contributed by atoms with Crippen LogP contribution in [0.3, 0.4) is 0 Å². The standard InChI is InChI=1S/C17H24FN3O3S/c1-13(14-2-3-14)19-17(22)12-20-8-10-21(11-9-20)25(23,24)16-6-4-15(18)5-7-16/h4-7,13-14H,2-3,8-12H2,1H3,(H,19,22)/t13-/m0/s1. The molecule has 0 bridgehead atoms. The summed E-state index contributed by atoms with van der Waals surface area (Å²) in [6.07, 6.45) is 2.36. The van der Waals surface area contributed by atoms with Crippen molar-refractivity contribution in [1.82, 2.24) is 14.5 Å². The third-order valence-corrected chi connectivity index (χ3v) is 6.78. The molecule has 1 aliphatic carbocycles. The van der Waals surface area contributed by atoms with Crippen molar-refractivity contribution in [2.75, 3.05) is 32.7 Å². The normalized spacial score (nSPS) is 21.0. The molecule has 1 aromatic rings. The Hall–Kier alpha value is -1.51. The summed E-state index contributed by atoms with van der Waals surface area (Å²) >= 11 is 0. The number of amides is 1. The van der Waals surface area contributed by atoms with Crippen molar-refractivity contribution >= 4 is 15.9 Å². The van der Waals surface area contributed by atoms with Crippen LogP contribution in [-0.2, 0) is 14.8 Å². The fourth-order valence-corrected chi connectivity index (χ4v) is 4.52. The summed E-state index contributed by atoms with van der Waals surface area (Å²) in [7, 11) is -3.61. The van der Waals surface area contributed by atoms with Crippen LogP contribution in [-0.4, -0.2) is 62.3 Å². The molecule has 1 saturated heterocycles.